The van der Waals surface area contributed by atoms with E-state index in [9.17, 15) is 0 Å². The van der Waals surface area contributed by atoms with Gasteiger partial charge in [-0.05, 0) is 31.2 Å². The summed E-state index contributed by atoms with van der Waals surface area (Å²) in [5, 5.41) is 14.0. The van der Waals surface area contributed by atoms with Crippen LogP contribution in [0.2, 0.25) is 0 Å². The molecule has 0 bridgehead atoms. The van der Waals surface area contributed by atoms with Gasteiger partial charge in [0.25, 0.3) is 0 Å². The van der Waals surface area contributed by atoms with E-state index in [1.165, 1.54) is 0 Å². The van der Waals surface area contributed by atoms with E-state index in [1.807, 2.05) is 23.0 Å². The summed E-state index contributed by atoms with van der Waals surface area (Å²) in [6.45, 7) is 2.06. The van der Waals surface area contributed by atoms with Crippen molar-refractivity contribution >= 4 is 17.0 Å². The van der Waals surface area contributed by atoms with Gasteiger partial charge in [-0.2, -0.15) is 5.26 Å². The van der Waals surface area contributed by atoms with Gasteiger partial charge in [-0.15, -0.1) is 11.3 Å². The minimum atomic E-state index is 0.180. The molecular formula is C12H11N3S. The highest BCUT2D eigenvalue weighted by atomic mass is 32.1. The van der Waals surface area contributed by atoms with Gasteiger partial charge in [0, 0.05) is 11.1 Å². The molecule has 2 rings (SSSR count). The summed E-state index contributed by atoms with van der Waals surface area (Å²) >= 11 is 1.59. The number of nitrogens with zero attached hydrogens (tertiary/aromatic N) is 2. The van der Waals surface area contributed by atoms with Crippen molar-refractivity contribution in [3.05, 3.63) is 46.4 Å². The molecular weight excluding hydrogens is 218 g/mol. The zero-order chi connectivity index (χ0) is 11.4. The zero-order valence-electron chi connectivity index (χ0n) is 8.84. The molecule has 0 saturated heterocycles. The molecule has 1 aromatic carbocycles. The quantitative estimate of drug-likeness (QED) is 0.879. The number of anilines is 1. The van der Waals surface area contributed by atoms with Crippen molar-refractivity contribution in [1.82, 2.24) is 4.98 Å². The smallest absolute Gasteiger partial charge is 0.0991 e. The second-order valence-electron chi connectivity index (χ2n) is 3.47. The fraction of sp³-hybridized carbons (Fsp3) is 0.167. The molecule has 0 amide bonds. The zero-order valence-corrected chi connectivity index (χ0v) is 9.66. The van der Waals surface area contributed by atoms with E-state index >= 15 is 0 Å². The lowest BCUT2D eigenvalue weighted by atomic mass is 10.2. The SMILES string of the molecule is CC(Nc1ccc(C#N)cc1)c1cscn1. The third-order valence-electron chi connectivity index (χ3n) is 2.29. The van der Waals surface area contributed by atoms with E-state index in [0.717, 1.165) is 11.4 Å². The monoisotopic (exact) mass is 229 g/mol. The van der Waals surface area contributed by atoms with E-state index < -0.39 is 0 Å². The largest absolute Gasteiger partial charge is 0.377 e. The highest BCUT2D eigenvalue weighted by molar-refractivity contribution is 7.07. The Hall–Kier alpha value is -1.86. The molecule has 0 spiro atoms. The lowest BCUT2D eigenvalue weighted by Crippen LogP contribution is -2.06. The molecule has 4 heteroatoms. The summed E-state index contributed by atoms with van der Waals surface area (Å²) in [7, 11) is 0. The molecule has 16 heavy (non-hydrogen) atoms. The number of rotatable bonds is 3. The first-order valence-electron chi connectivity index (χ1n) is 4.94. The fourth-order valence-electron chi connectivity index (χ4n) is 1.40. The van der Waals surface area contributed by atoms with Gasteiger partial charge in [0.1, 0.15) is 0 Å². The third kappa shape index (κ3) is 2.38. The van der Waals surface area contributed by atoms with Gasteiger partial charge in [0.05, 0.1) is 28.9 Å². The van der Waals surface area contributed by atoms with Crippen LogP contribution < -0.4 is 5.32 Å². The first kappa shape index (κ1) is 10.7. The third-order valence-corrected chi connectivity index (χ3v) is 2.90. The minimum absolute atomic E-state index is 0.180. The first-order valence-corrected chi connectivity index (χ1v) is 5.88. The second-order valence-corrected chi connectivity index (χ2v) is 4.19. The van der Waals surface area contributed by atoms with Crippen LogP contribution in [-0.4, -0.2) is 4.98 Å². The molecule has 3 nitrogen and oxygen atoms in total. The Morgan fingerprint density at radius 1 is 1.38 bits per heavy atom. The Morgan fingerprint density at radius 3 is 2.69 bits per heavy atom. The first-order chi connectivity index (χ1) is 7.79. The number of hydrogen-bond acceptors (Lipinski definition) is 4. The number of nitriles is 1. The summed E-state index contributed by atoms with van der Waals surface area (Å²) in [5.41, 5.74) is 4.53. The summed E-state index contributed by atoms with van der Waals surface area (Å²) in [5.74, 6) is 0. The predicted octanol–water partition coefficient (Wildman–Crippen LogP) is 3.19. The van der Waals surface area contributed by atoms with E-state index in [1.54, 1.807) is 23.5 Å². The standard InChI is InChI=1S/C12H11N3S/c1-9(12-7-16-8-14-12)15-11-4-2-10(6-13)3-5-11/h2-5,7-9,15H,1H3. The van der Waals surface area contributed by atoms with Gasteiger partial charge in [0.2, 0.25) is 0 Å². The summed E-state index contributed by atoms with van der Waals surface area (Å²) in [6.07, 6.45) is 0. The van der Waals surface area contributed by atoms with Gasteiger partial charge in [-0.3, -0.25) is 0 Å². The van der Waals surface area contributed by atoms with E-state index in [-0.39, 0.29) is 6.04 Å². The van der Waals surface area contributed by atoms with Crippen molar-refractivity contribution in [3.63, 3.8) is 0 Å². The average molecular weight is 229 g/mol. The minimum Gasteiger partial charge on any atom is -0.377 e. The van der Waals surface area contributed by atoms with Gasteiger partial charge in [-0.25, -0.2) is 4.98 Å². The molecule has 0 aliphatic heterocycles. The summed E-state index contributed by atoms with van der Waals surface area (Å²) in [6, 6.07) is 9.69. The summed E-state index contributed by atoms with van der Waals surface area (Å²) in [4.78, 5) is 4.25. The topological polar surface area (TPSA) is 48.7 Å². The van der Waals surface area contributed by atoms with Crippen molar-refractivity contribution in [2.24, 2.45) is 0 Å². The van der Waals surface area contributed by atoms with Gasteiger partial charge >= 0.3 is 0 Å². The number of hydrogen-bond donors (Lipinski definition) is 1. The highest BCUT2D eigenvalue weighted by Gasteiger charge is 2.06. The van der Waals surface area contributed by atoms with Crippen LogP contribution >= 0.6 is 11.3 Å². The normalized spacial score (nSPS) is 11.8. The van der Waals surface area contributed by atoms with Crippen molar-refractivity contribution < 1.29 is 0 Å². The van der Waals surface area contributed by atoms with Crippen LogP contribution in [0.1, 0.15) is 24.2 Å². The molecule has 1 atom stereocenters. The number of benzene rings is 1. The Labute approximate surface area is 98.4 Å². The maximum atomic E-state index is 8.68. The average Bonchev–Trinajstić information content (AvgIpc) is 2.83. The molecule has 80 valence electrons. The molecule has 0 radical (unpaired) electrons. The van der Waals surface area contributed by atoms with Crippen LogP contribution in [0.5, 0.6) is 0 Å². The second kappa shape index (κ2) is 4.77. The lowest BCUT2D eigenvalue weighted by molar-refractivity contribution is 0.850. The Kier molecular flexibility index (Phi) is 3.18. The lowest BCUT2D eigenvalue weighted by Gasteiger charge is -2.12. The number of nitrogens with one attached hydrogen (secondary N) is 1. The molecule has 0 fully saturated rings. The van der Waals surface area contributed by atoms with Crippen LogP contribution in [0, 0.1) is 11.3 Å². The van der Waals surface area contributed by atoms with E-state index in [0.29, 0.717) is 5.56 Å². The highest BCUT2D eigenvalue weighted by Crippen LogP contribution is 2.19. The number of thiazole rings is 1. The molecule has 0 saturated carbocycles. The molecule has 0 aliphatic rings. The molecule has 1 heterocycles. The maximum Gasteiger partial charge on any atom is 0.0991 e. The Morgan fingerprint density at radius 2 is 2.12 bits per heavy atom. The molecule has 1 N–H and O–H groups in total. The van der Waals surface area contributed by atoms with E-state index in [4.69, 9.17) is 5.26 Å². The van der Waals surface area contributed by atoms with Crippen molar-refractivity contribution in [2.75, 3.05) is 5.32 Å². The Bertz CT molecular complexity index is 482. The molecule has 1 aromatic heterocycles. The van der Waals surface area contributed by atoms with E-state index in [2.05, 4.69) is 23.3 Å². The van der Waals surface area contributed by atoms with Crippen LogP contribution in [0.15, 0.2) is 35.2 Å². The molecule has 1 unspecified atom stereocenters. The fourth-order valence-corrected chi connectivity index (χ4v) is 2.05. The van der Waals surface area contributed by atoms with Crippen LogP contribution in [0.25, 0.3) is 0 Å². The van der Waals surface area contributed by atoms with Gasteiger partial charge in [-0.1, -0.05) is 0 Å². The van der Waals surface area contributed by atoms with Crippen LogP contribution in [-0.2, 0) is 0 Å². The van der Waals surface area contributed by atoms with Crippen LogP contribution in [0.4, 0.5) is 5.69 Å². The van der Waals surface area contributed by atoms with Crippen LogP contribution in [0.3, 0.4) is 0 Å². The number of aromatic nitrogens is 1. The van der Waals surface area contributed by atoms with Crippen molar-refractivity contribution in [3.8, 4) is 6.07 Å². The predicted molar refractivity (Wildman–Crippen MR) is 65.3 cm³/mol. The summed E-state index contributed by atoms with van der Waals surface area (Å²) < 4.78 is 0. The van der Waals surface area contributed by atoms with Gasteiger partial charge < -0.3 is 5.32 Å². The van der Waals surface area contributed by atoms with Gasteiger partial charge in [0.15, 0.2) is 0 Å². The Balaban J connectivity index is 2.07. The van der Waals surface area contributed by atoms with Crippen molar-refractivity contribution in [2.45, 2.75) is 13.0 Å². The van der Waals surface area contributed by atoms with Crippen molar-refractivity contribution in [1.29, 1.82) is 5.26 Å². The molecule has 2 aromatic rings. The maximum absolute atomic E-state index is 8.68. The molecule has 0 aliphatic carbocycles.